The third-order valence-electron chi connectivity index (χ3n) is 2.89. The van der Waals surface area contributed by atoms with Crippen molar-refractivity contribution >= 4 is 27.3 Å². The molecule has 2 rings (SSSR count). The Bertz CT molecular complexity index is 550. The highest BCUT2D eigenvalue weighted by atomic mass is 79.9. The number of aromatic nitrogens is 2. The molecule has 1 N–H and O–H groups in total. The summed E-state index contributed by atoms with van der Waals surface area (Å²) in [7, 11) is 1.93. The van der Waals surface area contributed by atoms with Gasteiger partial charge in [-0.25, -0.2) is 0 Å². The van der Waals surface area contributed by atoms with E-state index in [1.54, 1.807) is 11.3 Å². The zero-order chi connectivity index (χ0) is 13.8. The molecule has 4 nitrogen and oxygen atoms in total. The van der Waals surface area contributed by atoms with E-state index in [0.29, 0.717) is 6.61 Å². The number of aryl methyl sites for hydroxylation is 2. The van der Waals surface area contributed by atoms with Gasteiger partial charge in [0, 0.05) is 34.9 Å². The van der Waals surface area contributed by atoms with Crippen molar-refractivity contribution in [2.45, 2.75) is 20.4 Å². The summed E-state index contributed by atoms with van der Waals surface area (Å²) in [6.07, 6.45) is 0. The van der Waals surface area contributed by atoms with Crippen molar-refractivity contribution in [3.8, 4) is 5.75 Å². The van der Waals surface area contributed by atoms with Gasteiger partial charge in [-0.1, -0.05) is 0 Å². The summed E-state index contributed by atoms with van der Waals surface area (Å²) in [4.78, 5) is 1.32. The van der Waals surface area contributed by atoms with Crippen molar-refractivity contribution in [2.75, 3.05) is 13.2 Å². The molecule has 0 spiro atoms. The Labute approximate surface area is 125 Å². The first-order valence-corrected chi connectivity index (χ1v) is 7.82. The van der Waals surface area contributed by atoms with E-state index in [-0.39, 0.29) is 0 Å². The normalized spacial score (nSPS) is 10.9. The van der Waals surface area contributed by atoms with Gasteiger partial charge in [-0.05, 0) is 35.8 Å². The highest BCUT2D eigenvalue weighted by Crippen LogP contribution is 2.21. The maximum Gasteiger partial charge on any atom is 0.163 e. The summed E-state index contributed by atoms with van der Waals surface area (Å²) in [5.74, 6) is 0.906. The van der Waals surface area contributed by atoms with Crippen LogP contribution in [-0.2, 0) is 13.6 Å². The first-order chi connectivity index (χ1) is 9.08. The Kier molecular flexibility index (Phi) is 5.01. The zero-order valence-electron chi connectivity index (χ0n) is 11.4. The first kappa shape index (κ1) is 14.6. The largest absolute Gasteiger partial charge is 0.488 e. The summed E-state index contributed by atoms with van der Waals surface area (Å²) in [6, 6.07) is 2.13. The molecule has 0 atom stereocenters. The molecule has 0 aliphatic heterocycles. The number of thiophene rings is 1. The van der Waals surface area contributed by atoms with Crippen LogP contribution in [-0.4, -0.2) is 22.9 Å². The minimum absolute atomic E-state index is 0.653. The topological polar surface area (TPSA) is 39.1 Å². The molecule has 2 aromatic heterocycles. The number of halogens is 1. The molecule has 104 valence electrons. The molecule has 0 radical (unpaired) electrons. The molecule has 0 aromatic carbocycles. The van der Waals surface area contributed by atoms with Crippen LogP contribution in [0.3, 0.4) is 0 Å². The smallest absolute Gasteiger partial charge is 0.163 e. The number of ether oxygens (including phenoxy) is 1. The first-order valence-electron chi connectivity index (χ1n) is 6.14. The summed E-state index contributed by atoms with van der Waals surface area (Å²) < 4.78 is 8.77. The molecule has 2 aromatic rings. The van der Waals surface area contributed by atoms with E-state index in [0.717, 1.165) is 34.7 Å². The Morgan fingerprint density at radius 2 is 2.26 bits per heavy atom. The van der Waals surface area contributed by atoms with Crippen LogP contribution >= 0.6 is 27.3 Å². The lowest BCUT2D eigenvalue weighted by molar-refractivity contribution is 0.309. The highest BCUT2D eigenvalue weighted by Gasteiger charge is 2.09. The van der Waals surface area contributed by atoms with Crippen LogP contribution in [0.4, 0.5) is 0 Å². The fourth-order valence-corrected chi connectivity index (χ4v) is 3.27. The maximum atomic E-state index is 5.78. The van der Waals surface area contributed by atoms with Crippen molar-refractivity contribution in [1.29, 1.82) is 0 Å². The molecular formula is C13H18BrN3OS. The van der Waals surface area contributed by atoms with E-state index in [9.17, 15) is 0 Å². The molecule has 0 fully saturated rings. The van der Waals surface area contributed by atoms with Crippen molar-refractivity contribution < 1.29 is 4.74 Å². The molecule has 0 amide bonds. The fraction of sp³-hybridized carbons (Fsp3) is 0.462. The number of nitrogens with one attached hydrogen (secondary N) is 1. The molecular weight excluding hydrogens is 326 g/mol. The van der Waals surface area contributed by atoms with Gasteiger partial charge in [0.2, 0.25) is 0 Å². The van der Waals surface area contributed by atoms with Gasteiger partial charge in [0.15, 0.2) is 5.75 Å². The second kappa shape index (κ2) is 6.54. The van der Waals surface area contributed by atoms with Gasteiger partial charge < -0.3 is 10.1 Å². The lowest BCUT2D eigenvalue weighted by atomic mass is 10.3. The van der Waals surface area contributed by atoms with Crippen molar-refractivity contribution in [3.05, 3.63) is 32.2 Å². The maximum absolute atomic E-state index is 5.78. The molecule has 0 bridgehead atoms. The quantitative estimate of drug-likeness (QED) is 0.819. The summed E-state index contributed by atoms with van der Waals surface area (Å²) in [5, 5.41) is 9.79. The standard InChI is InChI=1S/C13H18BrN3OS/c1-9-13(10(2)17(3)16-9)18-5-4-15-7-12-6-11(14)8-19-12/h6,8,15H,4-5,7H2,1-3H3. The second-order valence-corrected chi connectivity index (χ2v) is 6.29. The van der Waals surface area contributed by atoms with E-state index in [1.807, 2.05) is 25.6 Å². The molecule has 0 saturated carbocycles. The van der Waals surface area contributed by atoms with Crippen molar-refractivity contribution in [1.82, 2.24) is 15.1 Å². The van der Waals surface area contributed by atoms with Gasteiger partial charge in [0.05, 0.1) is 5.69 Å². The van der Waals surface area contributed by atoms with Gasteiger partial charge in [0.1, 0.15) is 12.3 Å². The predicted octanol–water partition coefficient (Wildman–Crippen LogP) is 3.03. The minimum Gasteiger partial charge on any atom is -0.488 e. The third-order valence-corrected chi connectivity index (χ3v) is 4.59. The summed E-state index contributed by atoms with van der Waals surface area (Å²) >= 11 is 5.20. The van der Waals surface area contributed by atoms with Crippen LogP contribution in [0.5, 0.6) is 5.75 Å². The van der Waals surface area contributed by atoms with Gasteiger partial charge in [-0.15, -0.1) is 11.3 Å². The molecule has 0 aliphatic rings. The van der Waals surface area contributed by atoms with E-state index in [2.05, 4.69) is 37.8 Å². The Hall–Kier alpha value is -0.850. The van der Waals surface area contributed by atoms with Crippen molar-refractivity contribution in [2.24, 2.45) is 7.05 Å². The van der Waals surface area contributed by atoms with Gasteiger partial charge in [-0.3, -0.25) is 4.68 Å². The average molecular weight is 344 g/mol. The van der Waals surface area contributed by atoms with Gasteiger partial charge in [-0.2, -0.15) is 5.10 Å². The Morgan fingerprint density at radius 3 is 2.84 bits per heavy atom. The molecule has 0 unspecified atom stereocenters. The fourth-order valence-electron chi connectivity index (χ4n) is 1.85. The minimum atomic E-state index is 0.653. The molecule has 0 saturated heterocycles. The van der Waals surface area contributed by atoms with Crippen LogP contribution in [0.25, 0.3) is 0 Å². The van der Waals surface area contributed by atoms with E-state index >= 15 is 0 Å². The molecule has 19 heavy (non-hydrogen) atoms. The SMILES string of the molecule is Cc1nn(C)c(C)c1OCCNCc1cc(Br)cs1. The van der Waals surface area contributed by atoms with E-state index < -0.39 is 0 Å². The molecule has 0 aliphatic carbocycles. The monoisotopic (exact) mass is 343 g/mol. The van der Waals surface area contributed by atoms with Crippen LogP contribution in [0.1, 0.15) is 16.3 Å². The zero-order valence-corrected chi connectivity index (χ0v) is 13.8. The van der Waals surface area contributed by atoms with E-state index in [4.69, 9.17) is 4.74 Å². The van der Waals surface area contributed by atoms with Crippen molar-refractivity contribution in [3.63, 3.8) is 0 Å². The number of hydrogen-bond acceptors (Lipinski definition) is 4. The van der Waals surface area contributed by atoms with Crippen LogP contribution in [0, 0.1) is 13.8 Å². The van der Waals surface area contributed by atoms with Crippen LogP contribution < -0.4 is 10.1 Å². The van der Waals surface area contributed by atoms with Gasteiger partial charge in [0.25, 0.3) is 0 Å². The lowest BCUT2D eigenvalue weighted by Crippen LogP contribution is -2.20. The number of nitrogens with zero attached hydrogens (tertiary/aromatic N) is 2. The summed E-state index contributed by atoms with van der Waals surface area (Å²) in [6.45, 7) is 6.35. The Morgan fingerprint density at radius 1 is 1.47 bits per heavy atom. The van der Waals surface area contributed by atoms with E-state index in [1.165, 1.54) is 4.88 Å². The van der Waals surface area contributed by atoms with Gasteiger partial charge >= 0.3 is 0 Å². The Balaban J connectivity index is 1.72. The average Bonchev–Trinajstić information content (AvgIpc) is 2.87. The number of rotatable bonds is 6. The second-order valence-electron chi connectivity index (χ2n) is 4.38. The van der Waals surface area contributed by atoms with Crippen LogP contribution in [0.15, 0.2) is 15.9 Å². The lowest BCUT2D eigenvalue weighted by Gasteiger charge is -2.07. The summed E-state index contributed by atoms with van der Waals surface area (Å²) in [5.41, 5.74) is 2.02. The number of hydrogen-bond donors (Lipinski definition) is 1. The molecule has 2 heterocycles. The predicted molar refractivity (Wildman–Crippen MR) is 81.9 cm³/mol. The molecule has 6 heteroatoms. The third kappa shape index (κ3) is 3.81. The van der Waals surface area contributed by atoms with Crippen LogP contribution in [0.2, 0.25) is 0 Å². The highest BCUT2D eigenvalue weighted by molar-refractivity contribution is 9.10.